The van der Waals surface area contributed by atoms with Gasteiger partial charge >= 0.3 is 12.2 Å². The summed E-state index contributed by atoms with van der Waals surface area (Å²) in [7, 11) is 0. The highest BCUT2D eigenvalue weighted by Gasteiger charge is 2.56. The Morgan fingerprint density at radius 3 is 2.58 bits per heavy atom. The average Bonchev–Trinajstić information content (AvgIpc) is 2.94. The third-order valence-corrected chi connectivity index (χ3v) is 3.30. The fourth-order valence-corrected chi connectivity index (χ4v) is 2.02. The van der Waals surface area contributed by atoms with E-state index in [1.54, 1.807) is 12.1 Å². The third-order valence-electron chi connectivity index (χ3n) is 3.30. The van der Waals surface area contributed by atoms with E-state index >= 15 is 0 Å². The largest absolute Gasteiger partial charge is 0.463 e. The van der Waals surface area contributed by atoms with Gasteiger partial charge in [-0.05, 0) is 31.2 Å². The molecule has 0 aromatic carbocycles. The van der Waals surface area contributed by atoms with Crippen LogP contribution in [0.5, 0.6) is 0 Å². The first-order valence-electron chi connectivity index (χ1n) is 7.04. The molecule has 0 bridgehead atoms. The number of pyridine rings is 1. The number of hydrogen-bond acceptors (Lipinski definition) is 4. The maximum atomic E-state index is 13.2. The van der Waals surface area contributed by atoms with Crippen molar-refractivity contribution in [2.75, 3.05) is 11.9 Å². The van der Waals surface area contributed by atoms with Gasteiger partial charge in [-0.2, -0.15) is 13.2 Å². The van der Waals surface area contributed by atoms with Crippen LogP contribution in [0.4, 0.5) is 23.8 Å². The Labute approximate surface area is 135 Å². The molecule has 2 heterocycles. The van der Waals surface area contributed by atoms with Gasteiger partial charge in [-0.1, -0.05) is 6.07 Å². The number of amides is 2. The van der Waals surface area contributed by atoms with Crippen LogP contribution in [0.25, 0.3) is 0 Å². The quantitative estimate of drug-likeness (QED) is 0.779. The molecular formula is C15H16F3N3O3. The summed E-state index contributed by atoms with van der Waals surface area (Å²) in [5, 5.41) is 14.6. The summed E-state index contributed by atoms with van der Waals surface area (Å²) < 4.78 is 44.6. The zero-order valence-corrected chi connectivity index (χ0v) is 12.7. The van der Waals surface area contributed by atoms with E-state index in [-0.39, 0.29) is 11.6 Å². The van der Waals surface area contributed by atoms with Crippen LogP contribution in [-0.4, -0.2) is 28.8 Å². The van der Waals surface area contributed by atoms with Crippen molar-refractivity contribution in [2.24, 2.45) is 0 Å². The minimum atomic E-state index is -4.95. The lowest BCUT2D eigenvalue weighted by Gasteiger charge is -2.28. The molecule has 0 saturated carbocycles. The Morgan fingerprint density at radius 1 is 1.29 bits per heavy atom. The summed E-state index contributed by atoms with van der Waals surface area (Å²) >= 11 is 0. The van der Waals surface area contributed by atoms with E-state index in [1.165, 1.54) is 25.3 Å². The number of anilines is 1. The van der Waals surface area contributed by atoms with Crippen molar-refractivity contribution in [3.8, 4) is 0 Å². The monoisotopic (exact) mass is 343 g/mol. The van der Waals surface area contributed by atoms with Gasteiger partial charge in [0.05, 0.1) is 0 Å². The zero-order valence-electron chi connectivity index (χ0n) is 12.7. The van der Waals surface area contributed by atoms with Crippen LogP contribution in [-0.2, 0) is 5.60 Å². The molecule has 1 unspecified atom stereocenters. The van der Waals surface area contributed by atoms with Gasteiger partial charge in [0.25, 0.3) is 0 Å². The van der Waals surface area contributed by atoms with Crippen molar-refractivity contribution >= 4 is 11.8 Å². The number of aryl methyl sites for hydroxylation is 1. The van der Waals surface area contributed by atoms with Gasteiger partial charge in [0.2, 0.25) is 5.60 Å². The van der Waals surface area contributed by atoms with E-state index in [2.05, 4.69) is 15.6 Å². The minimum Gasteiger partial charge on any atom is -0.463 e. The molecular weight excluding hydrogens is 327 g/mol. The summed E-state index contributed by atoms with van der Waals surface area (Å²) in [5.74, 6) is -0.115. The molecule has 2 aromatic heterocycles. The summed E-state index contributed by atoms with van der Waals surface area (Å²) in [6.07, 6.45) is -4.28. The number of rotatable bonds is 5. The number of hydrogen-bond donors (Lipinski definition) is 3. The fraction of sp³-hybridized carbons (Fsp3) is 0.333. The predicted molar refractivity (Wildman–Crippen MR) is 79.3 cm³/mol. The van der Waals surface area contributed by atoms with Crippen LogP contribution in [0, 0.1) is 6.92 Å². The number of nitrogens with one attached hydrogen (secondary N) is 2. The second-order valence-electron chi connectivity index (χ2n) is 5.11. The van der Waals surface area contributed by atoms with Gasteiger partial charge in [0.15, 0.2) is 0 Å². The molecule has 0 radical (unpaired) electrons. The number of aliphatic hydroxyl groups is 1. The second-order valence-corrected chi connectivity index (χ2v) is 5.11. The van der Waals surface area contributed by atoms with E-state index in [9.17, 15) is 23.1 Å². The number of furan rings is 1. The molecule has 2 amide bonds. The lowest BCUT2D eigenvalue weighted by atomic mass is 9.96. The summed E-state index contributed by atoms with van der Waals surface area (Å²) in [4.78, 5) is 15.5. The van der Waals surface area contributed by atoms with E-state index in [1.807, 2.05) is 0 Å². The van der Waals surface area contributed by atoms with Crippen LogP contribution in [0.1, 0.15) is 17.9 Å². The van der Waals surface area contributed by atoms with Crippen molar-refractivity contribution in [1.82, 2.24) is 10.3 Å². The Kier molecular flexibility index (Phi) is 5.13. The topological polar surface area (TPSA) is 87.4 Å². The van der Waals surface area contributed by atoms with Gasteiger partial charge in [-0.3, -0.25) is 5.32 Å². The Morgan fingerprint density at radius 2 is 2.04 bits per heavy atom. The molecule has 3 N–H and O–H groups in total. The fourth-order valence-electron chi connectivity index (χ4n) is 2.02. The van der Waals surface area contributed by atoms with Crippen LogP contribution in [0.2, 0.25) is 0 Å². The maximum Gasteiger partial charge on any atom is 0.424 e. The first-order chi connectivity index (χ1) is 11.2. The number of urea groups is 1. The maximum absolute atomic E-state index is 13.2. The van der Waals surface area contributed by atoms with Gasteiger partial charge in [-0.15, -0.1) is 0 Å². The molecule has 0 fully saturated rings. The Hall–Kier alpha value is -2.55. The van der Waals surface area contributed by atoms with Gasteiger partial charge < -0.3 is 14.8 Å². The van der Waals surface area contributed by atoms with Crippen LogP contribution in [0.3, 0.4) is 0 Å². The van der Waals surface area contributed by atoms with Crippen molar-refractivity contribution in [1.29, 1.82) is 0 Å². The lowest BCUT2D eigenvalue weighted by molar-refractivity contribution is -0.274. The predicted octanol–water partition coefficient (Wildman–Crippen LogP) is 2.94. The molecule has 24 heavy (non-hydrogen) atoms. The average molecular weight is 343 g/mol. The van der Waals surface area contributed by atoms with E-state index in [4.69, 9.17) is 4.42 Å². The van der Waals surface area contributed by atoms with Crippen LogP contribution >= 0.6 is 0 Å². The molecule has 0 aliphatic rings. The van der Waals surface area contributed by atoms with Crippen LogP contribution in [0.15, 0.2) is 40.9 Å². The van der Waals surface area contributed by atoms with E-state index in [0.29, 0.717) is 0 Å². The highest BCUT2D eigenvalue weighted by atomic mass is 19.4. The van der Waals surface area contributed by atoms with Gasteiger partial charge in [0.1, 0.15) is 17.3 Å². The second kappa shape index (κ2) is 6.91. The number of aromatic nitrogens is 1. The molecule has 0 aliphatic heterocycles. The summed E-state index contributed by atoms with van der Waals surface area (Å²) in [6, 6.07) is 6.48. The normalized spacial score (nSPS) is 14.0. The Bertz CT molecular complexity index is 688. The number of halogens is 3. The van der Waals surface area contributed by atoms with E-state index < -0.39 is 36.5 Å². The third kappa shape index (κ3) is 4.05. The molecule has 0 saturated heterocycles. The molecule has 2 rings (SSSR count). The minimum absolute atomic E-state index is 0.244. The summed E-state index contributed by atoms with van der Waals surface area (Å²) in [6.45, 7) is 1.05. The number of nitrogens with zero attached hydrogens (tertiary/aromatic N) is 1. The van der Waals surface area contributed by atoms with Gasteiger partial charge in [0, 0.05) is 19.2 Å². The van der Waals surface area contributed by atoms with E-state index in [0.717, 1.165) is 6.07 Å². The molecule has 6 nitrogen and oxygen atoms in total. The van der Waals surface area contributed by atoms with Crippen molar-refractivity contribution in [2.45, 2.75) is 25.1 Å². The molecule has 9 heteroatoms. The standard InChI is InChI=1S/C15H16F3N3O3/c1-10-5-6-11(24-10)14(23,15(16,17)18)7-9-20-13(22)21-12-4-2-3-8-19-12/h2-6,8,23H,7,9H2,1H3,(H2,19,20,21,22). The highest BCUT2D eigenvalue weighted by Crippen LogP contribution is 2.41. The molecule has 130 valence electrons. The number of carbonyl (C=O) groups excluding carboxylic acids is 1. The number of carbonyl (C=O) groups is 1. The molecule has 1 atom stereocenters. The SMILES string of the molecule is Cc1ccc(C(O)(CCNC(=O)Nc2ccccn2)C(F)(F)F)o1. The van der Waals surface area contributed by atoms with Gasteiger partial charge in [-0.25, -0.2) is 9.78 Å². The Balaban J connectivity index is 1.98. The lowest BCUT2D eigenvalue weighted by Crippen LogP contribution is -2.45. The molecule has 2 aromatic rings. The van der Waals surface area contributed by atoms with Crippen molar-refractivity contribution in [3.63, 3.8) is 0 Å². The van der Waals surface area contributed by atoms with Crippen LogP contribution < -0.4 is 10.6 Å². The molecule has 0 aliphatic carbocycles. The first-order valence-corrected chi connectivity index (χ1v) is 7.04. The first kappa shape index (κ1) is 17.8. The summed E-state index contributed by atoms with van der Waals surface area (Å²) in [5.41, 5.74) is -3.18. The van der Waals surface area contributed by atoms with Crippen molar-refractivity contribution < 1.29 is 27.5 Å². The highest BCUT2D eigenvalue weighted by molar-refractivity contribution is 5.88. The number of alkyl halides is 3. The smallest absolute Gasteiger partial charge is 0.424 e. The molecule has 0 spiro atoms. The zero-order chi connectivity index (χ0) is 17.8. The van der Waals surface area contributed by atoms with Crippen molar-refractivity contribution in [3.05, 3.63) is 48.0 Å².